The molecule has 6 nitrogen and oxygen atoms in total. The lowest BCUT2D eigenvalue weighted by molar-refractivity contribution is 0.0111. The maximum atomic E-state index is 5.78. The summed E-state index contributed by atoms with van der Waals surface area (Å²) in [4.78, 5) is 0. The van der Waals surface area contributed by atoms with Crippen LogP contribution in [0.3, 0.4) is 0 Å². The third kappa shape index (κ3) is 11.0. The van der Waals surface area contributed by atoms with Gasteiger partial charge in [0.25, 0.3) is 0 Å². The number of hydrogen-bond donors (Lipinski definition) is 0. The molecule has 0 heterocycles. The highest BCUT2D eigenvalue weighted by Crippen LogP contribution is 2.11. The van der Waals surface area contributed by atoms with E-state index in [0.29, 0.717) is 59.5 Å². The summed E-state index contributed by atoms with van der Waals surface area (Å²) in [5.41, 5.74) is 1.64. The van der Waals surface area contributed by atoms with Crippen LogP contribution >= 0.6 is 0 Å². The second-order valence-corrected chi connectivity index (χ2v) is 6.43. The van der Waals surface area contributed by atoms with Gasteiger partial charge in [0, 0.05) is 19.8 Å². The molecule has 7 heteroatoms. The zero-order valence-corrected chi connectivity index (χ0v) is 14.6. The minimum absolute atomic E-state index is 0.412. The molecule has 0 atom stereocenters. The van der Waals surface area contributed by atoms with E-state index < -0.39 is 8.80 Å². The minimum Gasteiger partial charge on any atom is -0.379 e. The Morgan fingerprint density at radius 1 is 0.667 bits per heavy atom. The Bertz CT molecular complexity index is 208. The highest BCUT2D eigenvalue weighted by Gasteiger charge is 2.37. The van der Waals surface area contributed by atoms with E-state index in [4.69, 9.17) is 27.5 Å². The van der Waals surface area contributed by atoms with E-state index in [0.717, 1.165) is 0 Å². The van der Waals surface area contributed by atoms with Crippen molar-refractivity contribution in [3.8, 4) is 0 Å². The van der Waals surface area contributed by atoms with Gasteiger partial charge in [0.2, 0.25) is 0 Å². The van der Waals surface area contributed by atoms with Gasteiger partial charge in [-0.05, 0) is 26.5 Å². The van der Waals surface area contributed by atoms with Gasteiger partial charge in [-0.15, -0.1) is 0 Å². The van der Waals surface area contributed by atoms with Crippen molar-refractivity contribution < 1.29 is 27.5 Å². The Balaban J connectivity index is 4.26. The van der Waals surface area contributed by atoms with E-state index in [-0.39, 0.29) is 0 Å². The second-order valence-electron chi connectivity index (χ2n) is 3.94. The van der Waals surface area contributed by atoms with Crippen LogP contribution in [0.4, 0.5) is 0 Å². The van der Waals surface area contributed by atoms with Crippen molar-refractivity contribution in [3.63, 3.8) is 0 Å². The van der Waals surface area contributed by atoms with Crippen molar-refractivity contribution in [3.05, 3.63) is 12.3 Å². The topological polar surface area (TPSA) is 55.4 Å². The lowest BCUT2D eigenvalue weighted by Gasteiger charge is -2.26. The number of rotatable bonds is 16. The summed E-state index contributed by atoms with van der Waals surface area (Å²) in [5.74, 6) is 0. The van der Waals surface area contributed by atoms with Crippen molar-refractivity contribution in [1.29, 1.82) is 0 Å². The van der Waals surface area contributed by atoms with Crippen molar-refractivity contribution in [2.24, 2.45) is 0 Å². The summed E-state index contributed by atoms with van der Waals surface area (Å²) in [7, 11) is -2.90. The molecule has 126 valence electrons. The van der Waals surface area contributed by atoms with E-state index in [9.17, 15) is 0 Å². The molecular formula is C14H30O6Si. The SMILES string of the molecule is C=C[Si](OCCOCC)(OCCOCC)OCCOCC. The Hall–Kier alpha value is -0.283. The summed E-state index contributed by atoms with van der Waals surface area (Å²) < 4.78 is 33.1. The van der Waals surface area contributed by atoms with Crippen LogP contribution in [0.1, 0.15) is 20.8 Å². The van der Waals surface area contributed by atoms with Crippen LogP contribution in [0.5, 0.6) is 0 Å². The number of hydrogen-bond acceptors (Lipinski definition) is 6. The lowest BCUT2D eigenvalue weighted by Crippen LogP contribution is -2.46. The van der Waals surface area contributed by atoms with Gasteiger partial charge in [0.05, 0.1) is 39.6 Å². The molecule has 0 fully saturated rings. The predicted molar refractivity (Wildman–Crippen MR) is 83.3 cm³/mol. The average molecular weight is 322 g/mol. The molecule has 0 aliphatic heterocycles. The van der Waals surface area contributed by atoms with Crippen LogP contribution in [0.25, 0.3) is 0 Å². The maximum Gasteiger partial charge on any atom is 0.529 e. The fourth-order valence-electron chi connectivity index (χ4n) is 1.46. The summed E-state index contributed by atoms with van der Waals surface area (Å²) in [5, 5.41) is 0. The van der Waals surface area contributed by atoms with E-state index in [1.54, 1.807) is 5.70 Å². The normalized spacial score (nSPS) is 11.8. The highest BCUT2D eigenvalue weighted by molar-refractivity contribution is 6.66. The van der Waals surface area contributed by atoms with Gasteiger partial charge >= 0.3 is 8.80 Å². The summed E-state index contributed by atoms with van der Waals surface area (Å²) in [6, 6.07) is 0. The van der Waals surface area contributed by atoms with Crippen molar-refractivity contribution in [2.45, 2.75) is 20.8 Å². The van der Waals surface area contributed by atoms with E-state index in [1.165, 1.54) is 0 Å². The summed E-state index contributed by atoms with van der Waals surface area (Å²) in [6.07, 6.45) is 0. The Kier molecular flexibility index (Phi) is 14.4. The van der Waals surface area contributed by atoms with Crippen molar-refractivity contribution >= 4 is 8.80 Å². The largest absolute Gasteiger partial charge is 0.529 e. The smallest absolute Gasteiger partial charge is 0.379 e. The first kappa shape index (κ1) is 20.7. The molecule has 0 aliphatic rings. The van der Waals surface area contributed by atoms with Gasteiger partial charge in [-0.1, -0.05) is 6.58 Å². The maximum absolute atomic E-state index is 5.78. The van der Waals surface area contributed by atoms with Crippen LogP contribution in [-0.2, 0) is 27.5 Å². The number of ether oxygens (including phenoxy) is 3. The minimum atomic E-state index is -2.90. The molecule has 0 aromatic carbocycles. The zero-order chi connectivity index (χ0) is 15.8. The monoisotopic (exact) mass is 322 g/mol. The van der Waals surface area contributed by atoms with E-state index in [2.05, 4.69) is 6.58 Å². The van der Waals surface area contributed by atoms with E-state index >= 15 is 0 Å². The molecular weight excluding hydrogens is 292 g/mol. The molecule has 0 bridgehead atoms. The van der Waals surface area contributed by atoms with Gasteiger partial charge in [0.1, 0.15) is 0 Å². The molecule has 0 saturated heterocycles. The quantitative estimate of drug-likeness (QED) is 0.319. The molecule has 0 spiro atoms. The van der Waals surface area contributed by atoms with Crippen molar-refractivity contribution in [2.75, 3.05) is 59.5 Å². The first-order chi connectivity index (χ1) is 10.2. The van der Waals surface area contributed by atoms with Crippen molar-refractivity contribution in [1.82, 2.24) is 0 Å². The molecule has 0 saturated carbocycles. The van der Waals surface area contributed by atoms with Gasteiger partial charge < -0.3 is 27.5 Å². The van der Waals surface area contributed by atoms with Crippen LogP contribution in [0.15, 0.2) is 12.3 Å². The van der Waals surface area contributed by atoms with E-state index in [1.807, 2.05) is 20.8 Å². The third-order valence-electron chi connectivity index (χ3n) is 2.46. The van der Waals surface area contributed by atoms with Gasteiger partial charge in [0.15, 0.2) is 0 Å². The standard InChI is InChI=1S/C14H30O6Si/c1-5-15-9-12-18-21(8-4,19-13-10-16-6-2)20-14-11-17-7-3/h8H,4-7,9-14H2,1-3H3. The Morgan fingerprint density at radius 3 is 1.24 bits per heavy atom. The lowest BCUT2D eigenvalue weighted by atomic mass is 10.8. The van der Waals surface area contributed by atoms with Gasteiger partial charge in [-0.2, -0.15) is 0 Å². The fourth-order valence-corrected chi connectivity index (χ4v) is 3.17. The first-order valence-electron chi connectivity index (χ1n) is 7.53. The summed E-state index contributed by atoms with van der Waals surface area (Å²) >= 11 is 0. The molecule has 0 unspecified atom stereocenters. The zero-order valence-electron chi connectivity index (χ0n) is 13.6. The molecule has 0 rings (SSSR count). The molecule has 0 N–H and O–H groups in total. The molecule has 21 heavy (non-hydrogen) atoms. The highest BCUT2D eigenvalue weighted by atomic mass is 28.4. The van der Waals surface area contributed by atoms with Crippen LogP contribution < -0.4 is 0 Å². The van der Waals surface area contributed by atoms with Gasteiger partial charge in [-0.3, -0.25) is 0 Å². The molecule has 0 aromatic heterocycles. The summed E-state index contributed by atoms with van der Waals surface area (Å²) in [6.45, 7) is 14.3. The molecule has 0 aliphatic carbocycles. The molecule has 0 amide bonds. The predicted octanol–water partition coefficient (Wildman–Crippen LogP) is 1.81. The van der Waals surface area contributed by atoms with Crippen LogP contribution in [-0.4, -0.2) is 68.3 Å². The fraction of sp³-hybridized carbons (Fsp3) is 0.857. The van der Waals surface area contributed by atoms with Crippen LogP contribution in [0, 0.1) is 0 Å². The second kappa shape index (κ2) is 14.6. The average Bonchev–Trinajstić information content (AvgIpc) is 2.51. The third-order valence-corrected chi connectivity index (χ3v) is 4.77. The van der Waals surface area contributed by atoms with Crippen LogP contribution in [0.2, 0.25) is 0 Å². The Labute approximate surface area is 129 Å². The molecule has 0 radical (unpaired) electrons. The first-order valence-corrected chi connectivity index (χ1v) is 9.33. The van der Waals surface area contributed by atoms with Gasteiger partial charge in [-0.25, -0.2) is 0 Å². The molecule has 0 aromatic rings. The Morgan fingerprint density at radius 2 is 1.00 bits per heavy atom.